The summed E-state index contributed by atoms with van der Waals surface area (Å²) in [6.45, 7) is 4.62. The maximum absolute atomic E-state index is 9.02. The van der Waals surface area contributed by atoms with Crippen molar-refractivity contribution in [3.63, 3.8) is 0 Å². The molecule has 17 heavy (non-hydrogen) atoms. The first-order chi connectivity index (χ1) is 8.11. The van der Waals surface area contributed by atoms with Crippen LogP contribution in [-0.2, 0) is 0 Å². The predicted molar refractivity (Wildman–Crippen MR) is 68.6 cm³/mol. The molecule has 0 saturated heterocycles. The Morgan fingerprint density at radius 3 is 3.06 bits per heavy atom. The predicted octanol–water partition coefficient (Wildman–Crippen LogP) is 3.33. The molecule has 1 aromatic rings. The van der Waals surface area contributed by atoms with Crippen molar-refractivity contribution in [3.05, 3.63) is 23.9 Å². The van der Waals surface area contributed by atoms with Gasteiger partial charge in [0.05, 0.1) is 5.56 Å². The van der Waals surface area contributed by atoms with Crippen LogP contribution in [0.3, 0.4) is 0 Å². The molecule has 1 unspecified atom stereocenters. The Morgan fingerprint density at radius 2 is 2.35 bits per heavy atom. The van der Waals surface area contributed by atoms with E-state index in [0.29, 0.717) is 17.0 Å². The zero-order valence-corrected chi connectivity index (χ0v) is 10.5. The maximum atomic E-state index is 9.02. The number of rotatable bonds is 2. The second-order valence-electron chi connectivity index (χ2n) is 5.61. The van der Waals surface area contributed by atoms with Crippen molar-refractivity contribution >= 4 is 5.82 Å². The van der Waals surface area contributed by atoms with E-state index >= 15 is 0 Å². The second-order valence-corrected chi connectivity index (χ2v) is 5.61. The van der Waals surface area contributed by atoms with Gasteiger partial charge in [-0.3, -0.25) is 0 Å². The van der Waals surface area contributed by atoms with Crippen molar-refractivity contribution in [2.24, 2.45) is 5.41 Å². The summed E-state index contributed by atoms with van der Waals surface area (Å²) in [5.74, 6) is 0.734. The highest BCUT2D eigenvalue weighted by Crippen LogP contribution is 2.36. The monoisotopic (exact) mass is 229 g/mol. The lowest BCUT2D eigenvalue weighted by Gasteiger charge is -2.35. The molecule has 0 aromatic carbocycles. The Labute approximate surface area is 103 Å². The van der Waals surface area contributed by atoms with Gasteiger partial charge in [0.15, 0.2) is 0 Å². The molecule has 1 aromatic heterocycles. The molecule has 1 fully saturated rings. The van der Waals surface area contributed by atoms with Gasteiger partial charge in [-0.2, -0.15) is 5.26 Å². The Hall–Kier alpha value is -1.56. The number of hydrogen-bond acceptors (Lipinski definition) is 3. The van der Waals surface area contributed by atoms with Gasteiger partial charge in [0.1, 0.15) is 11.9 Å². The summed E-state index contributed by atoms with van der Waals surface area (Å²) in [6.07, 6.45) is 6.59. The SMILES string of the molecule is CC1(C)CCCC(Nc2ncccc2C#N)C1. The molecule has 0 bridgehead atoms. The largest absolute Gasteiger partial charge is 0.366 e. The van der Waals surface area contributed by atoms with E-state index in [1.807, 2.05) is 6.07 Å². The molecule has 90 valence electrons. The third-order valence-electron chi connectivity index (χ3n) is 3.47. The molecule has 3 heteroatoms. The molecular formula is C14H19N3. The van der Waals surface area contributed by atoms with Crippen LogP contribution in [0.5, 0.6) is 0 Å². The van der Waals surface area contributed by atoms with Crippen molar-refractivity contribution in [2.75, 3.05) is 5.32 Å². The lowest BCUT2D eigenvalue weighted by Crippen LogP contribution is -2.32. The van der Waals surface area contributed by atoms with Crippen LogP contribution in [0, 0.1) is 16.7 Å². The van der Waals surface area contributed by atoms with Gasteiger partial charge in [0.2, 0.25) is 0 Å². The van der Waals surface area contributed by atoms with Crippen molar-refractivity contribution in [2.45, 2.75) is 45.6 Å². The summed E-state index contributed by atoms with van der Waals surface area (Å²) in [4.78, 5) is 4.26. The first-order valence-corrected chi connectivity index (χ1v) is 6.22. The number of nitriles is 1. The standard InChI is InChI=1S/C14H19N3/c1-14(2)7-3-6-12(9-14)17-13-11(10-15)5-4-8-16-13/h4-5,8,12H,3,6-7,9H2,1-2H3,(H,16,17). The zero-order valence-electron chi connectivity index (χ0n) is 10.5. The fourth-order valence-corrected chi connectivity index (χ4v) is 2.63. The molecule has 0 radical (unpaired) electrons. The molecular weight excluding hydrogens is 210 g/mol. The minimum atomic E-state index is 0.400. The summed E-state index contributed by atoms with van der Waals surface area (Å²) < 4.78 is 0. The third-order valence-corrected chi connectivity index (χ3v) is 3.47. The molecule has 0 amide bonds. The van der Waals surface area contributed by atoms with E-state index in [1.165, 1.54) is 19.3 Å². The van der Waals surface area contributed by atoms with Gasteiger partial charge in [-0.05, 0) is 36.8 Å². The summed E-state index contributed by atoms with van der Waals surface area (Å²) in [7, 11) is 0. The highest BCUT2D eigenvalue weighted by atomic mass is 15.0. The second kappa shape index (κ2) is 4.75. The Morgan fingerprint density at radius 1 is 1.53 bits per heavy atom. The Balaban J connectivity index is 2.08. The Bertz CT molecular complexity index is 431. The smallest absolute Gasteiger partial charge is 0.144 e. The molecule has 1 N–H and O–H groups in total. The lowest BCUT2D eigenvalue weighted by molar-refractivity contribution is 0.229. The Kier molecular flexibility index (Phi) is 3.33. The minimum absolute atomic E-state index is 0.400. The van der Waals surface area contributed by atoms with E-state index in [0.717, 1.165) is 12.2 Å². The van der Waals surface area contributed by atoms with Crippen LogP contribution in [0.15, 0.2) is 18.3 Å². The van der Waals surface area contributed by atoms with E-state index in [2.05, 4.69) is 30.2 Å². The molecule has 0 aliphatic heterocycles. The zero-order chi connectivity index (χ0) is 12.3. The fourth-order valence-electron chi connectivity index (χ4n) is 2.63. The van der Waals surface area contributed by atoms with Gasteiger partial charge in [-0.1, -0.05) is 20.3 Å². The van der Waals surface area contributed by atoms with Crippen LogP contribution in [0.4, 0.5) is 5.82 Å². The molecule has 0 spiro atoms. The van der Waals surface area contributed by atoms with E-state index < -0.39 is 0 Å². The third kappa shape index (κ3) is 2.97. The van der Waals surface area contributed by atoms with E-state index in [-0.39, 0.29) is 0 Å². The van der Waals surface area contributed by atoms with Crippen LogP contribution in [0.25, 0.3) is 0 Å². The van der Waals surface area contributed by atoms with E-state index in [4.69, 9.17) is 5.26 Å². The first-order valence-electron chi connectivity index (χ1n) is 6.22. The fraction of sp³-hybridized carbons (Fsp3) is 0.571. The van der Waals surface area contributed by atoms with Gasteiger partial charge in [0.25, 0.3) is 0 Å². The number of nitrogens with zero attached hydrogens (tertiary/aromatic N) is 2. The first kappa shape index (κ1) is 11.9. The number of anilines is 1. The highest BCUT2D eigenvalue weighted by molar-refractivity contribution is 5.51. The van der Waals surface area contributed by atoms with Crippen LogP contribution in [0.2, 0.25) is 0 Å². The molecule has 1 heterocycles. The van der Waals surface area contributed by atoms with Gasteiger partial charge in [0, 0.05) is 12.2 Å². The number of nitrogens with one attached hydrogen (secondary N) is 1. The topological polar surface area (TPSA) is 48.7 Å². The molecule has 1 saturated carbocycles. The number of aromatic nitrogens is 1. The highest BCUT2D eigenvalue weighted by Gasteiger charge is 2.28. The van der Waals surface area contributed by atoms with Gasteiger partial charge in [-0.15, -0.1) is 0 Å². The summed E-state index contributed by atoms with van der Waals surface area (Å²) in [5, 5.41) is 12.4. The van der Waals surface area contributed by atoms with Gasteiger partial charge in [-0.25, -0.2) is 4.98 Å². The van der Waals surface area contributed by atoms with Crippen LogP contribution in [0.1, 0.15) is 45.1 Å². The quantitative estimate of drug-likeness (QED) is 0.846. The van der Waals surface area contributed by atoms with Crippen LogP contribution in [-0.4, -0.2) is 11.0 Å². The van der Waals surface area contributed by atoms with Crippen LogP contribution < -0.4 is 5.32 Å². The van der Waals surface area contributed by atoms with Crippen molar-refractivity contribution in [1.29, 1.82) is 5.26 Å². The van der Waals surface area contributed by atoms with Crippen molar-refractivity contribution < 1.29 is 0 Å². The molecule has 2 rings (SSSR count). The number of pyridine rings is 1. The average Bonchev–Trinajstić information content (AvgIpc) is 2.28. The average molecular weight is 229 g/mol. The normalized spacial score (nSPS) is 22.8. The summed E-state index contributed by atoms with van der Waals surface area (Å²) >= 11 is 0. The lowest BCUT2D eigenvalue weighted by atomic mass is 9.75. The van der Waals surface area contributed by atoms with E-state index in [1.54, 1.807) is 12.3 Å². The van der Waals surface area contributed by atoms with Gasteiger partial charge >= 0.3 is 0 Å². The maximum Gasteiger partial charge on any atom is 0.144 e. The molecule has 1 atom stereocenters. The van der Waals surface area contributed by atoms with Gasteiger partial charge < -0.3 is 5.32 Å². The van der Waals surface area contributed by atoms with Crippen molar-refractivity contribution in [1.82, 2.24) is 4.98 Å². The summed E-state index contributed by atoms with van der Waals surface area (Å²) in [6, 6.07) is 6.23. The molecule has 1 aliphatic rings. The molecule has 3 nitrogen and oxygen atoms in total. The number of hydrogen-bond donors (Lipinski definition) is 1. The molecule has 1 aliphatic carbocycles. The van der Waals surface area contributed by atoms with Crippen molar-refractivity contribution in [3.8, 4) is 6.07 Å². The van der Waals surface area contributed by atoms with Crippen LogP contribution >= 0.6 is 0 Å². The minimum Gasteiger partial charge on any atom is -0.366 e. The summed E-state index contributed by atoms with van der Waals surface area (Å²) in [5.41, 5.74) is 1.04. The van der Waals surface area contributed by atoms with E-state index in [9.17, 15) is 0 Å².